The van der Waals surface area contributed by atoms with Crippen LogP contribution < -0.4 is 10.1 Å². The average molecular weight is 474 g/mol. The Balaban J connectivity index is 1.69. The summed E-state index contributed by atoms with van der Waals surface area (Å²) in [7, 11) is 1.58. The standard InChI is InChI=1S/C29H31NO5/c1-4-28(2,22-11-6-5-7-12-22)19-29(33,17-20-10-8-9-13-25(20)34-3)27(32)30-23-14-15-24-21(16-23)18-35-26(24)31/h5-16,33H,4,17-19H2,1-3H3,(H,30,32). The van der Waals surface area contributed by atoms with Crippen molar-refractivity contribution in [3.05, 3.63) is 95.1 Å². The smallest absolute Gasteiger partial charge is 0.338 e. The van der Waals surface area contributed by atoms with Gasteiger partial charge in [0, 0.05) is 17.7 Å². The highest BCUT2D eigenvalue weighted by atomic mass is 16.5. The van der Waals surface area contributed by atoms with Crippen LogP contribution in [0.5, 0.6) is 5.75 Å². The van der Waals surface area contributed by atoms with Crippen LogP contribution in [-0.2, 0) is 28.0 Å². The van der Waals surface area contributed by atoms with Crippen molar-refractivity contribution in [3.8, 4) is 5.75 Å². The molecule has 0 bridgehead atoms. The van der Waals surface area contributed by atoms with Crippen molar-refractivity contribution in [1.29, 1.82) is 0 Å². The van der Waals surface area contributed by atoms with E-state index in [4.69, 9.17) is 9.47 Å². The van der Waals surface area contributed by atoms with Crippen LogP contribution in [0.2, 0.25) is 0 Å². The SMILES string of the molecule is CCC(C)(CC(O)(Cc1ccccc1OC)C(=O)Nc1ccc2c(c1)COC2=O)c1ccccc1. The predicted molar refractivity (Wildman–Crippen MR) is 135 cm³/mol. The Labute approximate surface area is 205 Å². The number of fused-ring (bicyclic) bond motifs is 1. The molecule has 1 heterocycles. The maximum atomic E-state index is 13.7. The molecule has 0 radical (unpaired) electrons. The Hall–Kier alpha value is -3.64. The number of benzene rings is 3. The van der Waals surface area contributed by atoms with Crippen LogP contribution in [0, 0.1) is 0 Å². The van der Waals surface area contributed by atoms with E-state index in [-0.39, 0.29) is 25.4 Å². The van der Waals surface area contributed by atoms with Gasteiger partial charge in [-0.25, -0.2) is 4.79 Å². The Morgan fingerprint density at radius 3 is 2.51 bits per heavy atom. The summed E-state index contributed by atoms with van der Waals surface area (Å²) in [5.41, 5.74) is 1.32. The summed E-state index contributed by atoms with van der Waals surface area (Å²) in [6.07, 6.45) is 1.02. The number of esters is 1. The molecule has 0 spiro atoms. The fraction of sp³-hybridized carbons (Fsp3) is 0.310. The molecule has 1 aliphatic heterocycles. The minimum absolute atomic E-state index is 0.0812. The quantitative estimate of drug-likeness (QED) is 0.426. The number of ether oxygens (including phenoxy) is 2. The third kappa shape index (κ3) is 5.08. The van der Waals surface area contributed by atoms with Gasteiger partial charge in [0.05, 0.1) is 12.7 Å². The molecule has 35 heavy (non-hydrogen) atoms. The fourth-order valence-corrected chi connectivity index (χ4v) is 4.76. The fourth-order valence-electron chi connectivity index (χ4n) is 4.76. The molecule has 0 saturated heterocycles. The van der Waals surface area contributed by atoms with E-state index in [0.29, 0.717) is 22.6 Å². The molecule has 0 aromatic heterocycles. The number of para-hydroxylation sites is 1. The predicted octanol–water partition coefficient (Wildman–Crippen LogP) is 5.04. The van der Waals surface area contributed by atoms with E-state index in [0.717, 1.165) is 17.5 Å². The minimum Gasteiger partial charge on any atom is -0.496 e. The second kappa shape index (κ2) is 9.92. The molecule has 6 nitrogen and oxygen atoms in total. The second-order valence-electron chi connectivity index (χ2n) is 9.38. The number of hydrogen-bond acceptors (Lipinski definition) is 5. The molecule has 0 aliphatic carbocycles. The summed E-state index contributed by atoms with van der Waals surface area (Å²) >= 11 is 0. The van der Waals surface area contributed by atoms with Gasteiger partial charge in [0.25, 0.3) is 5.91 Å². The molecule has 4 rings (SSSR count). The number of rotatable bonds is 9. The Bertz CT molecular complexity index is 1220. The first kappa shape index (κ1) is 24.5. The van der Waals surface area contributed by atoms with Gasteiger partial charge in [0.2, 0.25) is 0 Å². The lowest BCUT2D eigenvalue weighted by Gasteiger charge is -2.38. The van der Waals surface area contributed by atoms with Crippen LogP contribution in [0.3, 0.4) is 0 Å². The number of methoxy groups -OCH3 is 1. The van der Waals surface area contributed by atoms with Gasteiger partial charge in [-0.15, -0.1) is 0 Å². The highest BCUT2D eigenvalue weighted by molar-refractivity contribution is 5.99. The number of hydrogen-bond donors (Lipinski definition) is 2. The molecule has 2 unspecified atom stereocenters. The van der Waals surface area contributed by atoms with Gasteiger partial charge >= 0.3 is 5.97 Å². The number of carbonyl (C=O) groups is 2. The second-order valence-corrected chi connectivity index (χ2v) is 9.38. The van der Waals surface area contributed by atoms with E-state index < -0.39 is 16.9 Å². The molecule has 182 valence electrons. The first-order valence-electron chi connectivity index (χ1n) is 11.8. The zero-order valence-electron chi connectivity index (χ0n) is 20.3. The summed E-state index contributed by atoms with van der Waals surface area (Å²) in [4.78, 5) is 25.5. The van der Waals surface area contributed by atoms with E-state index in [1.807, 2.05) is 54.6 Å². The monoisotopic (exact) mass is 473 g/mol. The van der Waals surface area contributed by atoms with Crippen LogP contribution in [0.1, 0.15) is 53.7 Å². The Morgan fingerprint density at radius 2 is 1.80 bits per heavy atom. The van der Waals surface area contributed by atoms with E-state index in [1.54, 1.807) is 25.3 Å². The lowest BCUT2D eigenvalue weighted by molar-refractivity contribution is -0.136. The topological polar surface area (TPSA) is 84.9 Å². The van der Waals surface area contributed by atoms with Crippen molar-refractivity contribution in [2.24, 2.45) is 0 Å². The van der Waals surface area contributed by atoms with Crippen LogP contribution in [0.25, 0.3) is 0 Å². The van der Waals surface area contributed by atoms with Crippen molar-refractivity contribution >= 4 is 17.6 Å². The highest BCUT2D eigenvalue weighted by Gasteiger charge is 2.43. The van der Waals surface area contributed by atoms with Gasteiger partial charge in [0.1, 0.15) is 18.0 Å². The maximum Gasteiger partial charge on any atom is 0.338 e. The molecular formula is C29H31NO5. The zero-order valence-corrected chi connectivity index (χ0v) is 20.3. The van der Waals surface area contributed by atoms with Crippen LogP contribution in [0.15, 0.2) is 72.8 Å². The number of cyclic esters (lactones) is 1. The Kier molecular flexibility index (Phi) is 6.94. The van der Waals surface area contributed by atoms with Gasteiger partial charge in [-0.1, -0.05) is 62.4 Å². The number of aliphatic hydroxyl groups is 1. The zero-order chi connectivity index (χ0) is 25.1. The Morgan fingerprint density at radius 1 is 1.09 bits per heavy atom. The maximum absolute atomic E-state index is 13.7. The third-order valence-corrected chi connectivity index (χ3v) is 6.97. The molecule has 3 aromatic carbocycles. The number of amides is 1. The molecule has 6 heteroatoms. The summed E-state index contributed by atoms with van der Waals surface area (Å²) in [5.74, 6) is -0.263. The lowest BCUT2D eigenvalue weighted by atomic mass is 9.70. The minimum atomic E-state index is -1.74. The number of carbonyl (C=O) groups excluding carboxylic acids is 2. The van der Waals surface area contributed by atoms with Gasteiger partial charge in [0.15, 0.2) is 0 Å². The first-order chi connectivity index (χ1) is 16.8. The first-order valence-corrected chi connectivity index (χ1v) is 11.8. The van der Waals surface area contributed by atoms with Crippen molar-refractivity contribution in [3.63, 3.8) is 0 Å². The number of nitrogens with one attached hydrogen (secondary N) is 1. The molecule has 2 atom stereocenters. The van der Waals surface area contributed by atoms with Crippen molar-refractivity contribution in [1.82, 2.24) is 0 Å². The largest absolute Gasteiger partial charge is 0.496 e. The highest BCUT2D eigenvalue weighted by Crippen LogP contribution is 2.39. The van der Waals surface area contributed by atoms with Gasteiger partial charge in [-0.3, -0.25) is 4.79 Å². The van der Waals surface area contributed by atoms with Crippen molar-refractivity contribution in [2.45, 2.75) is 50.7 Å². The molecule has 2 N–H and O–H groups in total. The van der Waals surface area contributed by atoms with Gasteiger partial charge < -0.3 is 19.9 Å². The van der Waals surface area contributed by atoms with Gasteiger partial charge in [-0.2, -0.15) is 0 Å². The number of anilines is 1. The normalized spacial score (nSPS) is 15.9. The molecular weight excluding hydrogens is 442 g/mol. The summed E-state index contributed by atoms with van der Waals surface area (Å²) in [5, 5.41) is 14.9. The average Bonchev–Trinajstić information content (AvgIpc) is 3.24. The van der Waals surface area contributed by atoms with Gasteiger partial charge in [-0.05, 0) is 53.6 Å². The van der Waals surface area contributed by atoms with E-state index in [9.17, 15) is 14.7 Å². The van der Waals surface area contributed by atoms with Crippen LogP contribution in [-0.4, -0.2) is 29.7 Å². The van der Waals surface area contributed by atoms with Crippen LogP contribution in [0.4, 0.5) is 5.69 Å². The lowest BCUT2D eigenvalue weighted by Crippen LogP contribution is -2.49. The van der Waals surface area contributed by atoms with Crippen molar-refractivity contribution < 1.29 is 24.2 Å². The van der Waals surface area contributed by atoms with E-state index in [2.05, 4.69) is 19.2 Å². The van der Waals surface area contributed by atoms with E-state index in [1.165, 1.54) is 0 Å². The molecule has 3 aromatic rings. The van der Waals surface area contributed by atoms with E-state index >= 15 is 0 Å². The van der Waals surface area contributed by atoms with Crippen LogP contribution >= 0.6 is 0 Å². The third-order valence-electron chi connectivity index (χ3n) is 6.97. The molecule has 0 saturated carbocycles. The molecule has 0 fully saturated rings. The van der Waals surface area contributed by atoms with Crippen molar-refractivity contribution in [2.75, 3.05) is 12.4 Å². The molecule has 1 amide bonds. The molecule has 1 aliphatic rings. The summed E-state index contributed by atoms with van der Waals surface area (Å²) < 4.78 is 10.6. The summed E-state index contributed by atoms with van der Waals surface area (Å²) in [6.45, 7) is 4.30. The summed E-state index contributed by atoms with van der Waals surface area (Å²) in [6, 6.07) is 22.4.